The van der Waals surface area contributed by atoms with Crippen molar-refractivity contribution >= 4 is 39.2 Å². The number of aromatic nitrogens is 2. The van der Waals surface area contributed by atoms with Gasteiger partial charge in [-0.15, -0.1) is 0 Å². The summed E-state index contributed by atoms with van der Waals surface area (Å²) in [5, 5.41) is 0.309. The van der Waals surface area contributed by atoms with Crippen LogP contribution in [0.15, 0.2) is 29.0 Å². The van der Waals surface area contributed by atoms with Crippen LogP contribution in [0.5, 0.6) is 0 Å². The largest absolute Gasteiger partial charge is 0.382 e. The highest BCUT2D eigenvalue weighted by Gasteiger charge is 2.13. The summed E-state index contributed by atoms with van der Waals surface area (Å²) in [7, 11) is 1.82. The maximum atomic E-state index is 13.0. The van der Waals surface area contributed by atoms with Crippen LogP contribution in [0.4, 0.5) is 16.0 Å². The number of benzene rings is 1. The number of hydrogen-bond acceptors (Lipinski definition) is 4. The van der Waals surface area contributed by atoms with Crippen LogP contribution in [0, 0.1) is 5.82 Å². The van der Waals surface area contributed by atoms with Crippen molar-refractivity contribution in [2.24, 2.45) is 0 Å². The molecular weight excluding hydrogens is 335 g/mol. The molecule has 100 valence electrons. The van der Waals surface area contributed by atoms with Gasteiger partial charge < -0.3 is 10.6 Å². The van der Waals surface area contributed by atoms with Gasteiger partial charge in [-0.25, -0.2) is 14.4 Å². The number of nitrogens with zero attached hydrogens (tertiary/aromatic N) is 3. The Bertz CT molecular complexity index is 608. The average molecular weight is 346 g/mol. The Labute approximate surface area is 123 Å². The van der Waals surface area contributed by atoms with Crippen LogP contribution in [0.2, 0.25) is 5.02 Å². The van der Waals surface area contributed by atoms with Crippen molar-refractivity contribution in [3.8, 4) is 0 Å². The molecule has 0 amide bonds. The molecule has 2 N–H and O–H groups in total. The third-order valence-electron chi connectivity index (χ3n) is 2.58. The molecule has 1 aromatic carbocycles. The second-order valence-corrected chi connectivity index (χ2v) is 5.22. The number of hydrogen-bond donors (Lipinski definition) is 1. The Kier molecular flexibility index (Phi) is 4.21. The van der Waals surface area contributed by atoms with Gasteiger partial charge in [0.15, 0.2) is 5.82 Å². The van der Waals surface area contributed by atoms with Gasteiger partial charge in [0, 0.05) is 18.1 Å². The number of anilines is 2. The Balaban J connectivity index is 2.25. The lowest BCUT2D eigenvalue weighted by Gasteiger charge is -2.20. The van der Waals surface area contributed by atoms with Crippen molar-refractivity contribution < 1.29 is 4.39 Å². The highest BCUT2D eigenvalue weighted by atomic mass is 79.9. The summed E-state index contributed by atoms with van der Waals surface area (Å²) in [6, 6.07) is 4.53. The molecule has 0 aliphatic heterocycles. The van der Waals surface area contributed by atoms with Gasteiger partial charge in [0.25, 0.3) is 0 Å². The Morgan fingerprint density at radius 3 is 2.84 bits per heavy atom. The maximum absolute atomic E-state index is 13.0. The lowest BCUT2D eigenvalue weighted by Crippen LogP contribution is -2.19. The monoisotopic (exact) mass is 344 g/mol. The lowest BCUT2D eigenvalue weighted by molar-refractivity contribution is 0.625. The van der Waals surface area contributed by atoms with E-state index in [0.717, 1.165) is 5.56 Å². The summed E-state index contributed by atoms with van der Waals surface area (Å²) in [5.74, 6) is 0.477. The summed E-state index contributed by atoms with van der Waals surface area (Å²) in [4.78, 5) is 9.72. The second kappa shape index (κ2) is 5.71. The molecule has 19 heavy (non-hydrogen) atoms. The molecule has 0 saturated heterocycles. The molecule has 0 fully saturated rings. The highest BCUT2D eigenvalue weighted by Crippen LogP contribution is 2.28. The molecule has 0 aliphatic carbocycles. The molecule has 1 heterocycles. The molecule has 0 radical (unpaired) electrons. The first kappa shape index (κ1) is 14.0. The van der Waals surface area contributed by atoms with E-state index in [2.05, 4.69) is 25.9 Å². The minimum Gasteiger partial charge on any atom is -0.382 e. The zero-order valence-electron chi connectivity index (χ0n) is 10.1. The summed E-state index contributed by atoms with van der Waals surface area (Å²) in [5.41, 5.74) is 6.55. The van der Waals surface area contributed by atoms with Crippen LogP contribution in [0.3, 0.4) is 0 Å². The predicted octanol–water partition coefficient (Wildman–Crippen LogP) is 3.25. The zero-order valence-corrected chi connectivity index (χ0v) is 12.4. The van der Waals surface area contributed by atoms with Crippen LogP contribution in [-0.4, -0.2) is 17.0 Å². The van der Waals surface area contributed by atoms with Crippen LogP contribution in [0.1, 0.15) is 5.56 Å². The van der Waals surface area contributed by atoms with Crippen molar-refractivity contribution in [1.82, 2.24) is 9.97 Å². The van der Waals surface area contributed by atoms with Crippen molar-refractivity contribution in [2.45, 2.75) is 6.54 Å². The third-order valence-corrected chi connectivity index (χ3v) is 3.68. The first-order chi connectivity index (χ1) is 8.99. The van der Waals surface area contributed by atoms with E-state index in [1.54, 1.807) is 6.07 Å². The van der Waals surface area contributed by atoms with E-state index in [0.29, 0.717) is 21.9 Å². The summed E-state index contributed by atoms with van der Waals surface area (Å²) in [6.45, 7) is 0.511. The average Bonchev–Trinajstić information content (AvgIpc) is 2.36. The first-order valence-corrected chi connectivity index (χ1v) is 6.57. The van der Waals surface area contributed by atoms with Gasteiger partial charge in [0.1, 0.15) is 23.0 Å². The molecule has 2 aromatic rings. The van der Waals surface area contributed by atoms with Crippen molar-refractivity contribution in [2.75, 3.05) is 17.7 Å². The quantitative estimate of drug-likeness (QED) is 0.928. The molecule has 0 aliphatic rings. The summed E-state index contributed by atoms with van der Waals surface area (Å²) >= 11 is 9.38. The highest BCUT2D eigenvalue weighted by molar-refractivity contribution is 9.10. The fourth-order valence-corrected chi connectivity index (χ4v) is 2.34. The van der Waals surface area contributed by atoms with E-state index < -0.39 is 0 Å². The molecule has 1 aromatic heterocycles. The van der Waals surface area contributed by atoms with Crippen LogP contribution in [0.25, 0.3) is 0 Å². The van der Waals surface area contributed by atoms with Gasteiger partial charge in [-0.3, -0.25) is 0 Å². The fourth-order valence-electron chi connectivity index (χ4n) is 1.62. The molecule has 4 nitrogen and oxygen atoms in total. The summed E-state index contributed by atoms with van der Waals surface area (Å²) in [6.07, 6.45) is 1.35. The number of rotatable bonds is 3. The molecule has 0 unspecified atom stereocenters. The fraction of sp³-hybridized carbons (Fsp3) is 0.167. The van der Waals surface area contributed by atoms with E-state index in [1.807, 2.05) is 11.9 Å². The van der Waals surface area contributed by atoms with Crippen LogP contribution < -0.4 is 10.6 Å². The van der Waals surface area contributed by atoms with Crippen molar-refractivity contribution in [3.05, 3.63) is 45.4 Å². The lowest BCUT2D eigenvalue weighted by atomic mass is 10.2. The maximum Gasteiger partial charge on any atom is 0.153 e. The molecule has 0 bridgehead atoms. The Hall–Kier alpha value is -1.40. The number of halogens is 3. The van der Waals surface area contributed by atoms with Gasteiger partial charge in [-0.05, 0) is 17.7 Å². The van der Waals surface area contributed by atoms with E-state index in [9.17, 15) is 4.39 Å². The third kappa shape index (κ3) is 3.13. The van der Waals surface area contributed by atoms with Crippen molar-refractivity contribution in [3.63, 3.8) is 0 Å². The van der Waals surface area contributed by atoms with E-state index >= 15 is 0 Å². The van der Waals surface area contributed by atoms with E-state index in [1.165, 1.54) is 18.5 Å². The molecule has 2 rings (SSSR count). The first-order valence-electron chi connectivity index (χ1n) is 5.40. The van der Waals surface area contributed by atoms with Gasteiger partial charge >= 0.3 is 0 Å². The smallest absolute Gasteiger partial charge is 0.153 e. The second-order valence-electron chi connectivity index (χ2n) is 3.99. The van der Waals surface area contributed by atoms with Gasteiger partial charge in [0.05, 0.1) is 0 Å². The molecule has 0 saturated carbocycles. The SMILES string of the molecule is CN(Cc1ccc(F)cc1Br)c1ncnc(N)c1Cl. The zero-order chi connectivity index (χ0) is 14.0. The van der Waals surface area contributed by atoms with E-state index in [4.69, 9.17) is 17.3 Å². The molecule has 0 spiro atoms. The van der Waals surface area contributed by atoms with Crippen LogP contribution in [-0.2, 0) is 6.54 Å². The van der Waals surface area contributed by atoms with Gasteiger partial charge in [-0.2, -0.15) is 0 Å². The van der Waals surface area contributed by atoms with Gasteiger partial charge in [0.2, 0.25) is 0 Å². The van der Waals surface area contributed by atoms with E-state index in [-0.39, 0.29) is 11.6 Å². The minimum atomic E-state index is -0.289. The Morgan fingerprint density at radius 2 is 2.16 bits per heavy atom. The molecular formula is C12H11BrClFN4. The molecule has 7 heteroatoms. The standard InChI is InChI=1S/C12H11BrClFN4/c1-19(12-10(14)11(16)17-6-18-12)5-7-2-3-8(15)4-9(7)13/h2-4,6H,5H2,1H3,(H2,16,17,18). The van der Waals surface area contributed by atoms with Gasteiger partial charge in [-0.1, -0.05) is 33.6 Å². The molecule has 0 atom stereocenters. The summed E-state index contributed by atoms with van der Waals surface area (Å²) < 4.78 is 13.7. The van der Waals surface area contributed by atoms with Crippen molar-refractivity contribution in [1.29, 1.82) is 0 Å². The number of nitrogen functional groups attached to an aromatic ring is 1. The topological polar surface area (TPSA) is 55.0 Å². The normalized spacial score (nSPS) is 10.5. The Morgan fingerprint density at radius 1 is 1.42 bits per heavy atom. The van der Waals surface area contributed by atoms with Crippen LogP contribution >= 0.6 is 27.5 Å². The minimum absolute atomic E-state index is 0.233. The predicted molar refractivity (Wildman–Crippen MR) is 77.7 cm³/mol. The number of nitrogens with two attached hydrogens (primary N) is 1.